The molecule has 138 valence electrons. The van der Waals surface area contributed by atoms with Crippen molar-refractivity contribution in [2.45, 2.75) is 20.0 Å². The number of nitrogens with one attached hydrogen (secondary N) is 2. The van der Waals surface area contributed by atoms with Crippen LogP contribution in [-0.2, 0) is 14.3 Å². The highest BCUT2D eigenvalue weighted by Crippen LogP contribution is 2.20. The fraction of sp³-hybridized carbons (Fsp3) is 0.158. The highest BCUT2D eigenvalue weighted by molar-refractivity contribution is 7.16. The summed E-state index contributed by atoms with van der Waals surface area (Å²) in [6.45, 7) is 2.92. The molecule has 0 fully saturated rings. The van der Waals surface area contributed by atoms with Crippen LogP contribution in [0.4, 0.5) is 11.4 Å². The number of carbonyl (C=O) groups excluding carboxylic acids is 3. The molecule has 0 aliphatic carbocycles. The lowest BCUT2D eigenvalue weighted by atomic mass is 10.2. The highest BCUT2D eigenvalue weighted by Gasteiger charge is 2.19. The van der Waals surface area contributed by atoms with Crippen LogP contribution in [0.5, 0.6) is 0 Å². The smallest absolute Gasteiger partial charge is 0.338 e. The van der Waals surface area contributed by atoms with Gasteiger partial charge in [0.1, 0.15) is 0 Å². The minimum Gasteiger partial charge on any atom is -0.449 e. The maximum Gasteiger partial charge on any atom is 0.338 e. The number of esters is 1. The van der Waals surface area contributed by atoms with Crippen LogP contribution in [0.3, 0.4) is 0 Å². The van der Waals surface area contributed by atoms with Gasteiger partial charge in [-0.2, -0.15) is 0 Å². The number of thiazole rings is 1. The summed E-state index contributed by atoms with van der Waals surface area (Å²) in [4.78, 5) is 39.7. The van der Waals surface area contributed by atoms with Crippen LogP contribution in [-0.4, -0.2) is 28.9 Å². The number of ether oxygens (including phenoxy) is 1. The van der Waals surface area contributed by atoms with Crippen LogP contribution in [0.2, 0.25) is 0 Å². The monoisotopic (exact) mass is 383 g/mol. The minimum atomic E-state index is -0.968. The Morgan fingerprint density at radius 1 is 1.04 bits per heavy atom. The Kier molecular flexibility index (Phi) is 5.46. The molecule has 1 atom stereocenters. The van der Waals surface area contributed by atoms with E-state index in [1.54, 1.807) is 48.0 Å². The van der Waals surface area contributed by atoms with E-state index in [1.165, 1.54) is 25.2 Å². The molecule has 7 nitrogen and oxygen atoms in total. The van der Waals surface area contributed by atoms with Gasteiger partial charge in [0.25, 0.3) is 5.91 Å². The minimum absolute atomic E-state index is 0.177. The molecule has 2 aromatic carbocycles. The van der Waals surface area contributed by atoms with Crippen LogP contribution in [0.25, 0.3) is 10.2 Å². The van der Waals surface area contributed by atoms with Gasteiger partial charge in [-0.15, -0.1) is 11.3 Å². The van der Waals surface area contributed by atoms with Crippen molar-refractivity contribution in [2.75, 3.05) is 10.6 Å². The summed E-state index contributed by atoms with van der Waals surface area (Å²) in [6.07, 6.45) is -0.968. The third kappa shape index (κ3) is 4.68. The second-order valence-electron chi connectivity index (χ2n) is 5.83. The summed E-state index contributed by atoms with van der Waals surface area (Å²) < 4.78 is 6.12. The molecule has 3 rings (SSSR count). The number of fused-ring (bicyclic) bond motifs is 1. The zero-order valence-corrected chi connectivity index (χ0v) is 15.5. The van der Waals surface area contributed by atoms with Gasteiger partial charge in [0.15, 0.2) is 6.10 Å². The van der Waals surface area contributed by atoms with Gasteiger partial charge in [-0.05, 0) is 49.4 Å². The van der Waals surface area contributed by atoms with E-state index in [0.717, 1.165) is 10.2 Å². The summed E-state index contributed by atoms with van der Waals surface area (Å²) in [7, 11) is 0. The normalized spacial score (nSPS) is 11.6. The van der Waals surface area contributed by atoms with Gasteiger partial charge in [0, 0.05) is 18.3 Å². The Hall–Kier alpha value is -3.26. The van der Waals surface area contributed by atoms with E-state index in [1.807, 2.05) is 0 Å². The first kappa shape index (κ1) is 18.5. The van der Waals surface area contributed by atoms with Gasteiger partial charge in [-0.3, -0.25) is 9.59 Å². The van der Waals surface area contributed by atoms with Crippen LogP contribution >= 0.6 is 11.3 Å². The summed E-state index contributed by atoms with van der Waals surface area (Å²) in [5.74, 6) is -1.20. The lowest BCUT2D eigenvalue weighted by Gasteiger charge is -2.14. The molecular formula is C19H17N3O4S. The van der Waals surface area contributed by atoms with Crippen LogP contribution in [0, 0.1) is 0 Å². The number of aromatic nitrogens is 1. The van der Waals surface area contributed by atoms with E-state index < -0.39 is 18.0 Å². The van der Waals surface area contributed by atoms with E-state index in [9.17, 15) is 14.4 Å². The van der Waals surface area contributed by atoms with Gasteiger partial charge in [-0.1, -0.05) is 0 Å². The molecule has 0 bridgehead atoms. The molecule has 0 spiro atoms. The van der Waals surface area contributed by atoms with E-state index in [0.29, 0.717) is 16.9 Å². The van der Waals surface area contributed by atoms with Gasteiger partial charge < -0.3 is 15.4 Å². The third-order valence-corrected chi connectivity index (χ3v) is 4.48. The van der Waals surface area contributed by atoms with Crippen molar-refractivity contribution >= 4 is 50.7 Å². The molecule has 0 aliphatic rings. The summed E-state index contributed by atoms with van der Waals surface area (Å²) >= 11 is 1.43. The standard InChI is InChI=1S/C19H17N3O4S/c1-11(18(24)22-15-6-4-14(5-7-15)21-12(2)23)26-19(25)13-3-8-16-17(9-13)27-10-20-16/h3-11H,1-2H3,(H,21,23)(H,22,24)/t11-/m1/s1. The van der Waals surface area contributed by atoms with E-state index >= 15 is 0 Å². The SMILES string of the molecule is CC(=O)Nc1ccc(NC(=O)[C@@H](C)OC(=O)c2ccc3ncsc3c2)cc1. The van der Waals surface area contributed by atoms with Crippen molar-refractivity contribution in [1.82, 2.24) is 4.98 Å². The molecule has 0 radical (unpaired) electrons. The molecule has 1 aromatic heterocycles. The van der Waals surface area contributed by atoms with Gasteiger partial charge in [-0.25, -0.2) is 9.78 Å². The number of hydrogen-bond acceptors (Lipinski definition) is 6. The molecule has 1 heterocycles. The Bertz CT molecular complexity index is 998. The van der Waals surface area contributed by atoms with Gasteiger partial charge in [0.05, 0.1) is 21.3 Å². The Morgan fingerprint density at radius 2 is 1.70 bits per heavy atom. The first-order valence-corrected chi connectivity index (χ1v) is 9.03. The fourth-order valence-electron chi connectivity index (χ4n) is 2.35. The molecule has 8 heteroatoms. The zero-order chi connectivity index (χ0) is 19.4. The maximum absolute atomic E-state index is 12.3. The van der Waals surface area contributed by atoms with Crippen molar-refractivity contribution in [3.63, 3.8) is 0 Å². The summed E-state index contributed by atoms with van der Waals surface area (Å²) in [5, 5.41) is 5.31. The lowest BCUT2D eigenvalue weighted by Crippen LogP contribution is -2.30. The van der Waals surface area contributed by atoms with Crippen LogP contribution in [0.1, 0.15) is 24.2 Å². The quantitative estimate of drug-likeness (QED) is 0.658. The maximum atomic E-state index is 12.3. The second-order valence-corrected chi connectivity index (χ2v) is 6.72. The molecule has 2 amide bonds. The average molecular weight is 383 g/mol. The molecular weight excluding hydrogens is 366 g/mol. The fourth-order valence-corrected chi connectivity index (χ4v) is 3.06. The Morgan fingerprint density at radius 3 is 2.37 bits per heavy atom. The number of benzene rings is 2. The number of anilines is 2. The third-order valence-electron chi connectivity index (χ3n) is 3.69. The molecule has 27 heavy (non-hydrogen) atoms. The molecule has 0 saturated carbocycles. The van der Waals surface area contributed by atoms with Crippen molar-refractivity contribution in [2.24, 2.45) is 0 Å². The molecule has 0 saturated heterocycles. The molecule has 2 N–H and O–H groups in total. The number of nitrogens with zero attached hydrogens (tertiary/aromatic N) is 1. The second kappa shape index (κ2) is 7.96. The average Bonchev–Trinajstić information content (AvgIpc) is 3.10. The number of hydrogen-bond donors (Lipinski definition) is 2. The number of amides is 2. The number of rotatable bonds is 5. The Labute approximate surface area is 159 Å². The summed E-state index contributed by atoms with van der Waals surface area (Å²) in [6, 6.07) is 11.7. The van der Waals surface area contributed by atoms with E-state index in [4.69, 9.17) is 4.74 Å². The zero-order valence-electron chi connectivity index (χ0n) is 14.7. The Balaban J connectivity index is 1.59. The topological polar surface area (TPSA) is 97.4 Å². The first-order valence-electron chi connectivity index (χ1n) is 8.15. The van der Waals surface area contributed by atoms with Crippen LogP contribution in [0.15, 0.2) is 48.0 Å². The van der Waals surface area contributed by atoms with Crippen molar-refractivity contribution in [3.8, 4) is 0 Å². The van der Waals surface area contributed by atoms with E-state index in [2.05, 4.69) is 15.6 Å². The highest BCUT2D eigenvalue weighted by atomic mass is 32.1. The molecule has 3 aromatic rings. The van der Waals surface area contributed by atoms with E-state index in [-0.39, 0.29) is 5.91 Å². The van der Waals surface area contributed by atoms with Gasteiger partial charge in [0.2, 0.25) is 5.91 Å². The first-order chi connectivity index (χ1) is 12.9. The van der Waals surface area contributed by atoms with Crippen molar-refractivity contribution in [3.05, 3.63) is 53.5 Å². The lowest BCUT2D eigenvalue weighted by molar-refractivity contribution is -0.123. The molecule has 0 aliphatic heterocycles. The predicted molar refractivity (Wildman–Crippen MR) is 104 cm³/mol. The van der Waals surface area contributed by atoms with Gasteiger partial charge >= 0.3 is 5.97 Å². The van der Waals surface area contributed by atoms with Crippen LogP contribution < -0.4 is 10.6 Å². The van der Waals surface area contributed by atoms with Crippen molar-refractivity contribution in [1.29, 1.82) is 0 Å². The number of carbonyl (C=O) groups is 3. The summed E-state index contributed by atoms with van der Waals surface area (Å²) in [5.41, 5.74) is 4.03. The van der Waals surface area contributed by atoms with Crippen molar-refractivity contribution < 1.29 is 19.1 Å². The molecule has 0 unspecified atom stereocenters. The largest absolute Gasteiger partial charge is 0.449 e. The predicted octanol–water partition coefficient (Wildman–Crippen LogP) is 3.44.